The first-order valence-electron chi connectivity index (χ1n) is 20.5. The first-order chi connectivity index (χ1) is 33.3. The van der Waals surface area contributed by atoms with Crippen LogP contribution in [0.1, 0.15) is 25.0 Å². The van der Waals surface area contributed by atoms with Crippen LogP contribution in [0.25, 0.3) is 21.5 Å². The van der Waals surface area contributed by atoms with E-state index in [0.717, 1.165) is 35.4 Å². The lowest BCUT2D eigenvalue weighted by Gasteiger charge is -2.26. The second-order valence-corrected chi connectivity index (χ2v) is 22.1. The normalized spacial score (nSPS) is 12.8. The molecule has 0 atom stereocenters. The number of aromatic hydroxyl groups is 2. The van der Waals surface area contributed by atoms with E-state index in [0.29, 0.717) is 0 Å². The van der Waals surface area contributed by atoms with Crippen molar-refractivity contribution in [3.8, 4) is 23.0 Å². The summed E-state index contributed by atoms with van der Waals surface area (Å²) in [5.41, 5.74) is 13.2. The van der Waals surface area contributed by atoms with E-state index in [9.17, 15) is 53.0 Å². The Kier molecular flexibility index (Phi) is 12.8. The van der Waals surface area contributed by atoms with Crippen molar-refractivity contribution in [1.82, 2.24) is 0 Å². The van der Waals surface area contributed by atoms with Crippen LogP contribution in [0.4, 0.5) is 34.1 Å². The molecular weight excluding hydrogens is 1000 g/mol. The highest BCUT2D eigenvalue weighted by molar-refractivity contribution is 7.87. The van der Waals surface area contributed by atoms with Gasteiger partial charge in [-0.15, -0.1) is 10.2 Å². The molecule has 0 fully saturated rings. The molecule has 0 heterocycles. The summed E-state index contributed by atoms with van der Waals surface area (Å²) >= 11 is 0. The Morgan fingerprint density at radius 1 is 0.451 bits per heavy atom. The fourth-order valence-corrected chi connectivity index (χ4v) is 10.3. The lowest BCUT2D eigenvalue weighted by atomic mass is 9.78. The van der Waals surface area contributed by atoms with Crippen molar-refractivity contribution in [2.24, 2.45) is 20.5 Å². The van der Waals surface area contributed by atoms with Crippen molar-refractivity contribution >= 4 is 96.1 Å². The van der Waals surface area contributed by atoms with E-state index >= 15 is 0 Å². The predicted molar refractivity (Wildman–Crippen MR) is 262 cm³/mol. The molecule has 71 heavy (non-hydrogen) atoms. The molecule has 8 rings (SSSR count). The monoisotopic (exact) mass is 1040 g/mol. The Balaban J connectivity index is 0.937. The molecule has 8 aromatic carbocycles. The van der Waals surface area contributed by atoms with Gasteiger partial charge in [0.2, 0.25) is 0 Å². The van der Waals surface area contributed by atoms with Crippen LogP contribution < -0.4 is 19.8 Å². The number of phenolic OH excluding ortho intramolecular Hbond substituents is 2. The molecule has 0 spiro atoms. The van der Waals surface area contributed by atoms with Gasteiger partial charge in [0.1, 0.15) is 44.2 Å². The Morgan fingerprint density at radius 3 is 1.17 bits per heavy atom. The van der Waals surface area contributed by atoms with Gasteiger partial charge in [-0.05, 0) is 107 Å². The van der Waals surface area contributed by atoms with E-state index in [-0.39, 0.29) is 77.0 Å². The van der Waals surface area contributed by atoms with Crippen molar-refractivity contribution in [3.63, 3.8) is 0 Å². The summed E-state index contributed by atoms with van der Waals surface area (Å²) in [4.78, 5) is -1.62. The van der Waals surface area contributed by atoms with Crippen molar-refractivity contribution < 1.29 is 61.4 Å². The molecule has 0 unspecified atom stereocenters. The Bertz CT molecular complexity index is 3730. The second-order valence-electron chi connectivity index (χ2n) is 16.2. The summed E-state index contributed by atoms with van der Waals surface area (Å²) < 4.78 is 130. The molecule has 0 bridgehead atoms. The minimum Gasteiger partial charge on any atom is -0.507 e. The van der Waals surface area contributed by atoms with Crippen LogP contribution in [-0.4, -0.2) is 53.0 Å². The van der Waals surface area contributed by atoms with Gasteiger partial charge in [-0.1, -0.05) is 62.4 Å². The molecule has 0 amide bonds. The van der Waals surface area contributed by atoms with Crippen LogP contribution >= 0.6 is 0 Å². The third-order valence-corrected chi connectivity index (χ3v) is 15.2. The molecule has 0 aliphatic heterocycles. The number of fused-ring (bicyclic) bond motifs is 2. The first-order valence-corrected chi connectivity index (χ1v) is 26.2. The zero-order valence-electron chi connectivity index (χ0n) is 36.8. The molecular formula is C47H38N6O14S4. The van der Waals surface area contributed by atoms with Crippen LogP contribution in [0.5, 0.6) is 23.0 Å². The maximum atomic E-state index is 13.4. The highest BCUT2D eigenvalue weighted by atomic mass is 32.2. The average Bonchev–Trinajstić information content (AvgIpc) is 3.30. The zero-order valence-corrected chi connectivity index (χ0v) is 40.1. The number of nitrogen functional groups attached to an aromatic ring is 2. The average molecular weight is 1040 g/mol. The smallest absolute Gasteiger partial charge is 0.339 e. The third kappa shape index (κ3) is 10.5. The van der Waals surface area contributed by atoms with Crippen molar-refractivity contribution in [2.75, 3.05) is 11.5 Å². The fraction of sp³-hybridized carbons (Fsp3) is 0.0638. The van der Waals surface area contributed by atoms with Crippen LogP contribution in [0.2, 0.25) is 0 Å². The number of hydrogen-bond donors (Lipinski definition) is 6. The third-order valence-electron chi connectivity index (χ3n) is 11.1. The van der Waals surface area contributed by atoms with Gasteiger partial charge in [0.05, 0.1) is 43.3 Å². The zero-order chi connectivity index (χ0) is 51.3. The summed E-state index contributed by atoms with van der Waals surface area (Å²) in [6, 6.07) is 32.9. The topological polar surface area (TPSA) is 337 Å². The molecule has 20 nitrogen and oxygen atoms in total. The van der Waals surface area contributed by atoms with Gasteiger partial charge in [0.25, 0.3) is 20.2 Å². The largest absolute Gasteiger partial charge is 0.507 e. The SMILES string of the molecule is CC(C)(c1ccc(OS(=O)(=O)c2cccc(N=Nc3c(N)ccc4cc(S(=O)(=O)O)cc(O)c34)c2)cc1)c1ccc(OS(=O)(=O)c2cccc(N=Nc3c(N)ccc4cc(S(=O)(=O)O)cc(O)c34)c2)cc1. The van der Waals surface area contributed by atoms with Crippen molar-refractivity contribution in [2.45, 2.75) is 38.8 Å². The lowest BCUT2D eigenvalue weighted by molar-refractivity contribution is 0.470. The van der Waals surface area contributed by atoms with Gasteiger partial charge in [-0.2, -0.15) is 43.9 Å². The summed E-state index contributed by atoms with van der Waals surface area (Å²) in [6.45, 7) is 3.81. The number of benzene rings is 8. The van der Waals surface area contributed by atoms with Crippen LogP contribution in [0.15, 0.2) is 186 Å². The number of phenols is 2. The van der Waals surface area contributed by atoms with Gasteiger partial charge >= 0.3 is 20.2 Å². The van der Waals surface area contributed by atoms with Gasteiger partial charge in [-0.25, -0.2) is 0 Å². The minimum atomic E-state index is -4.64. The molecule has 8 aromatic rings. The first kappa shape index (κ1) is 49.4. The maximum Gasteiger partial charge on any atom is 0.339 e. The Hall–Kier alpha value is -8.00. The molecule has 0 saturated heterocycles. The summed E-state index contributed by atoms with van der Waals surface area (Å²) in [5, 5.41) is 38.1. The molecule has 0 saturated carbocycles. The number of rotatable bonds is 14. The molecule has 0 radical (unpaired) electrons. The van der Waals surface area contributed by atoms with Gasteiger partial charge < -0.3 is 30.0 Å². The maximum absolute atomic E-state index is 13.4. The summed E-state index contributed by atoms with van der Waals surface area (Å²) in [5.74, 6) is -1.10. The van der Waals surface area contributed by atoms with Crippen molar-refractivity contribution in [3.05, 3.63) is 157 Å². The summed E-state index contributed by atoms with van der Waals surface area (Å²) in [6.07, 6.45) is 0. The van der Waals surface area contributed by atoms with E-state index < -0.39 is 67.2 Å². The minimum absolute atomic E-state index is 0.00630. The molecule has 0 aromatic heterocycles. The quantitative estimate of drug-likeness (QED) is 0.0255. The van der Waals surface area contributed by atoms with Crippen LogP contribution in [0.3, 0.4) is 0 Å². The van der Waals surface area contributed by atoms with E-state index in [4.69, 9.17) is 19.8 Å². The number of anilines is 2. The Morgan fingerprint density at radius 2 is 0.817 bits per heavy atom. The summed E-state index contributed by atoms with van der Waals surface area (Å²) in [7, 11) is -18.1. The van der Waals surface area contributed by atoms with E-state index in [1.54, 1.807) is 24.3 Å². The van der Waals surface area contributed by atoms with E-state index in [1.165, 1.54) is 97.1 Å². The predicted octanol–water partition coefficient (Wildman–Crippen LogP) is 9.75. The highest BCUT2D eigenvalue weighted by Crippen LogP contribution is 2.42. The highest BCUT2D eigenvalue weighted by Gasteiger charge is 2.26. The number of nitrogens with two attached hydrogens (primary N) is 2. The van der Waals surface area contributed by atoms with Gasteiger partial charge in [-0.3, -0.25) is 9.11 Å². The fourth-order valence-electron chi connectivity index (χ4n) is 7.33. The van der Waals surface area contributed by atoms with Gasteiger partial charge in [0, 0.05) is 17.5 Å². The number of azo groups is 2. The van der Waals surface area contributed by atoms with Gasteiger partial charge in [0.15, 0.2) is 0 Å². The van der Waals surface area contributed by atoms with Crippen molar-refractivity contribution in [1.29, 1.82) is 0 Å². The number of nitrogens with zero attached hydrogens (tertiary/aromatic N) is 4. The molecule has 364 valence electrons. The molecule has 0 aliphatic rings. The second kappa shape index (κ2) is 18.4. The van der Waals surface area contributed by atoms with E-state index in [2.05, 4.69) is 20.5 Å². The molecule has 8 N–H and O–H groups in total. The lowest BCUT2D eigenvalue weighted by Crippen LogP contribution is -2.19. The van der Waals surface area contributed by atoms with E-state index in [1.807, 2.05) is 13.8 Å². The molecule has 0 aliphatic carbocycles. The standard InChI is InChI=1S/C47H38N6O14S4/c1-47(2,29-11-15-33(16-12-29)66-70(62,63)35-7-3-5-31(23-35)50-52-45-39(48)19-9-27-21-37(68(56,57)58)25-41(54)43(27)45)30-13-17-34(18-14-30)67-71(64,65)36-8-4-6-32(24-36)51-53-46-40(49)20-10-28-22-38(69(59,60)61)26-42(55)44(28)46/h3-26,54-55H,48-49H2,1-2H3,(H,56,57,58)(H,59,60,61). The molecule has 24 heteroatoms. The van der Waals surface area contributed by atoms with Crippen LogP contribution in [-0.2, 0) is 45.9 Å². The number of hydrogen-bond acceptors (Lipinski definition) is 18. The van der Waals surface area contributed by atoms with Crippen LogP contribution in [0, 0.1) is 0 Å². The Labute approximate surface area is 405 Å².